The van der Waals surface area contributed by atoms with Gasteiger partial charge in [0.25, 0.3) is 0 Å². The first-order valence-corrected chi connectivity index (χ1v) is 43.0. The first kappa shape index (κ1) is 115. The zero-order valence-corrected chi connectivity index (χ0v) is 75.7. The minimum atomic E-state index is -1.44. The van der Waals surface area contributed by atoms with Gasteiger partial charge in [0, 0.05) is 97.1 Å². The number of aromatic nitrogens is 2. The Morgan fingerprint density at radius 1 is 0.419 bits per heavy atom. The SMILES string of the molecule is C=C(C)C(=O)OCC(O)c1ccc(C(COC(=O)C(=C)C)[n+]2ccccc2)cc1.C=CC(=O)OCC(O)COCC1CCC(COCC(O)C(=O)CC(=O)OCC(COCC2CCC(COCC(O)COC(=O)C=C)CC2)[n+]2ccccc2)CC1.C=CC(=O)OCC(O)COc1ccc(C(C)(C)c2ccc(OCC(COC(=O)C=C)[N+](CC)(CC)CC)cc2)cc1.[OH-].[OH-].[OH-]. The van der Waals surface area contributed by atoms with Crippen LogP contribution in [0.25, 0.3) is 0 Å². The van der Waals surface area contributed by atoms with Crippen LogP contribution >= 0.6 is 0 Å². The molecule has 0 amide bonds. The maximum atomic E-state index is 12.6. The van der Waals surface area contributed by atoms with Gasteiger partial charge >= 0.3 is 41.8 Å². The Morgan fingerprint density at radius 2 is 0.775 bits per heavy atom. The summed E-state index contributed by atoms with van der Waals surface area (Å²) < 4.78 is 75.2. The molecule has 2 aliphatic carbocycles. The maximum absolute atomic E-state index is 12.6. The van der Waals surface area contributed by atoms with E-state index in [2.05, 4.69) is 86.2 Å². The van der Waals surface area contributed by atoms with Gasteiger partial charge in [-0.1, -0.05) is 114 Å². The van der Waals surface area contributed by atoms with Crippen molar-refractivity contribution in [1.29, 1.82) is 0 Å². The third-order valence-electron chi connectivity index (χ3n) is 22.1. The summed E-state index contributed by atoms with van der Waals surface area (Å²) in [6.45, 7) is 39.7. The predicted octanol–water partition coefficient (Wildman–Crippen LogP) is 9.38. The number of esters is 7. The molecule has 2 heterocycles. The Morgan fingerprint density at radius 3 is 1.17 bits per heavy atom. The third-order valence-corrected chi connectivity index (χ3v) is 22.1. The lowest BCUT2D eigenvalue weighted by Crippen LogP contribution is -2.59. The highest BCUT2D eigenvalue weighted by atomic mass is 16.6. The van der Waals surface area contributed by atoms with Crippen molar-refractivity contribution in [1.82, 2.24) is 0 Å². The number of benzene rings is 3. The molecule has 0 bridgehead atoms. The van der Waals surface area contributed by atoms with Gasteiger partial charge in [-0.05, 0) is 151 Å². The van der Waals surface area contributed by atoms with Gasteiger partial charge in [0.05, 0.1) is 39.5 Å². The molecule has 3 aromatic carbocycles. The molecule has 8 atom stereocenters. The normalized spacial score (nSPS) is 16.4. The molecule has 2 aliphatic rings. The molecule has 129 heavy (non-hydrogen) atoms. The van der Waals surface area contributed by atoms with Crippen molar-refractivity contribution < 1.29 is 156 Å². The molecule has 0 radical (unpaired) electrons. The van der Waals surface area contributed by atoms with E-state index in [9.17, 15) is 63.9 Å². The van der Waals surface area contributed by atoms with Crippen molar-refractivity contribution in [2.75, 3.05) is 132 Å². The van der Waals surface area contributed by atoms with Gasteiger partial charge < -0.3 is 108 Å². The van der Waals surface area contributed by atoms with Gasteiger partial charge in [-0.25, -0.2) is 28.8 Å². The number of nitrogens with zero attached hydrogens (tertiary/aromatic N) is 3. The number of hydrogen-bond acceptors (Lipinski definition) is 29. The lowest BCUT2D eigenvalue weighted by atomic mass is 9.78. The van der Waals surface area contributed by atoms with Gasteiger partial charge in [0.1, 0.15) is 101 Å². The number of likely N-dealkylation sites (N-methyl/N-ethyl adjacent to an activating group) is 1. The van der Waals surface area contributed by atoms with Crippen LogP contribution in [0.4, 0.5) is 0 Å². The molecule has 5 aromatic rings. The number of hydrogen-bond donors (Lipinski definition) is 5. The highest BCUT2D eigenvalue weighted by Crippen LogP contribution is 2.35. The standard InChI is InChI=1S/C41H62NO14.C33H46NO7.C23H26NO5.3H2O/c1-3-39(47)55-27-35(43)25-51-20-31-10-8-30(9-11-31)19-50-23-34(42-16-6-5-7-17-42)24-54-41(49)18-37(45)38(46)29-53-22-33-14-12-32(13-15-33)21-52-26-36(44)28-56-40(48)4-2;1-8-31(36)40-22-27(34(10-3,11-4)12-5)21-38-29-17-13-25(14-18-29)33(6,7)26-15-19-30(20-16-26)39-23-28(35)24-41-32(37)9-2;1-16(2)22(26)28-14-20(24-12-6-5-7-13-24)18-8-10-19(11-9-18)21(25)15-29-23(27)17(3)4;;;/h3-7,16-17,30-36,38,43-44,46H,1-2,8-15,18-29H2;8-9,13-20,27-28,35H,1-2,10-12,21-24H2,3-7H3;5-13,20-21,25H,1,3,14-15H2,2,4H3;3*1H2/q3*+1;;;/p-3. The van der Waals surface area contributed by atoms with Crippen LogP contribution in [0.1, 0.15) is 147 Å². The summed E-state index contributed by atoms with van der Waals surface area (Å²) in [5.74, 6) is -1.82. The molecule has 0 saturated heterocycles. The fraction of sp³-hybridized carbons (Fsp3) is 0.505. The molecule has 714 valence electrons. The predicted molar refractivity (Wildman–Crippen MR) is 474 cm³/mol. The van der Waals surface area contributed by atoms with Gasteiger partial charge in [-0.15, -0.1) is 0 Å². The summed E-state index contributed by atoms with van der Waals surface area (Å²) >= 11 is 0. The fourth-order valence-corrected chi connectivity index (χ4v) is 14.0. The Bertz CT molecular complexity index is 4140. The van der Waals surface area contributed by atoms with Crippen LogP contribution in [0.5, 0.6) is 11.5 Å². The smallest absolute Gasteiger partial charge is 0.333 e. The summed E-state index contributed by atoms with van der Waals surface area (Å²) in [7, 11) is 0. The number of pyridine rings is 2. The number of rotatable bonds is 55. The number of quaternary nitrogens is 1. The number of aliphatic hydroxyl groups is 5. The number of aliphatic hydroxyl groups excluding tert-OH is 5. The molecule has 8 N–H and O–H groups in total. The third kappa shape index (κ3) is 42.7. The van der Waals surface area contributed by atoms with E-state index in [1.165, 1.54) is 6.08 Å². The van der Waals surface area contributed by atoms with Crippen LogP contribution in [0.3, 0.4) is 0 Å². The Balaban J connectivity index is 0.000000681. The first-order chi connectivity index (χ1) is 60.4. The van der Waals surface area contributed by atoms with Gasteiger partial charge in [-0.3, -0.25) is 9.59 Å². The van der Waals surface area contributed by atoms with Crippen molar-refractivity contribution in [2.24, 2.45) is 23.7 Å². The molecule has 2 fully saturated rings. The maximum Gasteiger partial charge on any atom is 0.333 e. The van der Waals surface area contributed by atoms with Crippen molar-refractivity contribution in [3.8, 4) is 11.5 Å². The molecule has 32 nitrogen and oxygen atoms in total. The zero-order valence-electron chi connectivity index (χ0n) is 75.7. The average Bonchev–Trinajstić information content (AvgIpc) is 0.793. The quantitative estimate of drug-likeness (QED) is 0.00604. The summed E-state index contributed by atoms with van der Waals surface area (Å²) in [6.07, 6.45) is 13.7. The molecule has 7 rings (SSSR count). The van der Waals surface area contributed by atoms with E-state index in [1.54, 1.807) is 26.0 Å². The number of Topliss-reactive ketones (excluding diaryl/α,β-unsaturated/α-hetero) is 1. The second-order valence-electron chi connectivity index (χ2n) is 31.9. The van der Waals surface area contributed by atoms with Crippen LogP contribution < -0.4 is 18.6 Å². The van der Waals surface area contributed by atoms with Crippen molar-refractivity contribution in [3.63, 3.8) is 0 Å². The molecular weight excluding hydrogens is 1670 g/mol. The van der Waals surface area contributed by atoms with Crippen LogP contribution in [-0.2, 0) is 95.9 Å². The summed E-state index contributed by atoms with van der Waals surface area (Å²) in [5, 5.41) is 50.3. The largest absolute Gasteiger partial charge is 0.870 e. The van der Waals surface area contributed by atoms with Gasteiger partial charge in [-0.2, -0.15) is 9.13 Å². The van der Waals surface area contributed by atoms with Crippen LogP contribution in [-0.4, -0.2) is 256 Å². The van der Waals surface area contributed by atoms with Gasteiger partial charge in [0.15, 0.2) is 49.8 Å². The van der Waals surface area contributed by atoms with E-state index in [1.807, 2.05) is 119 Å². The summed E-state index contributed by atoms with van der Waals surface area (Å²) in [5.41, 5.74) is 4.05. The Labute approximate surface area is 758 Å². The molecule has 8 unspecified atom stereocenters. The zero-order chi connectivity index (χ0) is 92.4. The Hall–Kier alpha value is -10.6. The summed E-state index contributed by atoms with van der Waals surface area (Å²) in [6, 6.07) is 33.7. The molecular formula is C97H137N3O29. The van der Waals surface area contributed by atoms with E-state index in [0.717, 1.165) is 116 Å². The molecule has 2 aromatic heterocycles. The van der Waals surface area contributed by atoms with Gasteiger partial charge in [0.2, 0.25) is 12.1 Å². The molecule has 32 heteroatoms. The van der Waals surface area contributed by atoms with Crippen molar-refractivity contribution in [2.45, 2.75) is 160 Å². The number of ketones is 1. The monoisotopic (exact) mass is 1810 g/mol. The van der Waals surface area contributed by atoms with E-state index in [-0.39, 0.29) is 124 Å². The lowest BCUT2D eigenvalue weighted by molar-refractivity contribution is -0.946. The number of carbonyl (C=O) groups excluding carboxylic acids is 8. The average molecular weight is 1810 g/mol. The number of ether oxygens (including phenoxy) is 13. The van der Waals surface area contributed by atoms with E-state index in [4.69, 9.17) is 61.6 Å². The fourth-order valence-electron chi connectivity index (χ4n) is 14.0. The van der Waals surface area contributed by atoms with E-state index >= 15 is 0 Å². The second-order valence-corrected chi connectivity index (χ2v) is 31.9. The summed E-state index contributed by atoms with van der Waals surface area (Å²) in [4.78, 5) is 93.6. The van der Waals surface area contributed by atoms with E-state index in [0.29, 0.717) is 74.3 Å². The topological polar surface area (TPSA) is 455 Å². The highest BCUT2D eigenvalue weighted by Gasteiger charge is 2.36. The van der Waals surface area contributed by atoms with Crippen molar-refractivity contribution in [3.05, 3.63) is 231 Å². The minimum Gasteiger partial charge on any atom is -0.870 e. The second kappa shape index (κ2) is 62.6. The minimum absolute atomic E-state index is 0. The van der Waals surface area contributed by atoms with Crippen molar-refractivity contribution >= 4 is 47.6 Å². The van der Waals surface area contributed by atoms with E-state index < -0.39 is 84.5 Å². The van der Waals surface area contributed by atoms with Crippen LogP contribution in [0, 0.1) is 23.7 Å². The molecule has 0 aliphatic heterocycles. The lowest BCUT2D eigenvalue weighted by Gasteiger charge is -2.42. The highest BCUT2D eigenvalue weighted by molar-refractivity contribution is 5.98. The first-order valence-electron chi connectivity index (χ1n) is 43.0. The van der Waals surface area contributed by atoms with Crippen LogP contribution in [0.2, 0.25) is 0 Å². The molecule has 2 saturated carbocycles. The Kier molecular flexibility index (Phi) is 55.6. The molecule has 0 spiro atoms. The number of carbonyl (C=O) groups is 8. The van der Waals surface area contributed by atoms with Crippen LogP contribution in [0.15, 0.2) is 209 Å².